The van der Waals surface area contributed by atoms with Crippen molar-refractivity contribution >= 4 is 11.2 Å². The molecule has 8 nitrogen and oxygen atoms in total. The molecular weight excluding hydrogens is 374 g/mol. The lowest BCUT2D eigenvalue weighted by Gasteiger charge is -2.16. The summed E-state index contributed by atoms with van der Waals surface area (Å²) in [6.07, 6.45) is 1.67. The average Bonchev–Trinajstić information content (AvgIpc) is 3.11. The fourth-order valence-corrected chi connectivity index (χ4v) is 3.24. The molecule has 0 saturated carbocycles. The van der Waals surface area contributed by atoms with Gasteiger partial charge in [-0.3, -0.25) is 4.57 Å². The van der Waals surface area contributed by atoms with Crippen LogP contribution in [-0.4, -0.2) is 46.1 Å². The first-order valence-corrected chi connectivity index (χ1v) is 8.73. The Morgan fingerprint density at radius 1 is 0.897 bits per heavy atom. The third-order valence-corrected chi connectivity index (χ3v) is 4.55. The molecule has 0 unspecified atom stereocenters. The van der Waals surface area contributed by atoms with Gasteiger partial charge in [0.15, 0.2) is 23.0 Å². The van der Waals surface area contributed by atoms with Crippen LogP contribution in [0.15, 0.2) is 48.7 Å². The second-order valence-electron chi connectivity index (χ2n) is 6.20. The number of methoxy groups -OCH3 is 3. The molecular formula is C21H19N3O5. The van der Waals surface area contributed by atoms with Gasteiger partial charge in [0.1, 0.15) is 17.0 Å². The van der Waals surface area contributed by atoms with Crippen LogP contribution in [0.25, 0.3) is 28.2 Å². The zero-order valence-electron chi connectivity index (χ0n) is 16.1. The maximum Gasteiger partial charge on any atom is 0.203 e. The van der Waals surface area contributed by atoms with E-state index in [1.54, 1.807) is 35.0 Å². The molecule has 0 atom stereocenters. The van der Waals surface area contributed by atoms with Crippen LogP contribution in [0.3, 0.4) is 0 Å². The number of aromatic hydroxyl groups is 2. The van der Waals surface area contributed by atoms with E-state index in [0.29, 0.717) is 45.5 Å². The average molecular weight is 393 g/mol. The van der Waals surface area contributed by atoms with Gasteiger partial charge >= 0.3 is 0 Å². The molecule has 8 heteroatoms. The van der Waals surface area contributed by atoms with Gasteiger partial charge in [-0.1, -0.05) is 0 Å². The summed E-state index contributed by atoms with van der Waals surface area (Å²) >= 11 is 0. The molecule has 0 aliphatic carbocycles. The van der Waals surface area contributed by atoms with Crippen LogP contribution in [0.4, 0.5) is 0 Å². The molecule has 0 spiro atoms. The number of aromatic nitrogens is 3. The number of phenolic OH excluding ortho intramolecular Hbond substituents is 2. The summed E-state index contributed by atoms with van der Waals surface area (Å²) in [5.41, 5.74) is 2.32. The van der Waals surface area contributed by atoms with Crippen molar-refractivity contribution in [1.29, 1.82) is 0 Å². The van der Waals surface area contributed by atoms with Crippen molar-refractivity contribution < 1.29 is 24.4 Å². The molecule has 0 bridgehead atoms. The van der Waals surface area contributed by atoms with Crippen LogP contribution in [0.1, 0.15) is 0 Å². The number of pyridine rings is 1. The summed E-state index contributed by atoms with van der Waals surface area (Å²) in [5.74, 6) is 1.71. The van der Waals surface area contributed by atoms with Gasteiger partial charge in [-0.15, -0.1) is 0 Å². The number of hydrogen-bond donors (Lipinski definition) is 2. The molecule has 2 aromatic carbocycles. The van der Waals surface area contributed by atoms with Crippen molar-refractivity contribution in [3.05, 3.63) is 48.7 Å². The number of rotatable bonds is 5. The Bertz CT molecular complexity index is 1180. The van der Waals surface area contributed by atoms with Gasteiger partial charge in [0, 0.05) is 24.4 Å². The lowest BCUT2D eigenvalue weighted by atomic mass is 10.1. The third kappa shape index (κ3) is 3.04. The maximum absolute atomic E-state index is 10.4. The number of nitrogens with zero attached hydrogens (tertiary/aromatic N) is 3. The minimum atomic E-state index is -0.103. The quantitative estimate of drug-likeness (QED) is 0.535. The lowest BCUT2D eigenvalue weighted by molar-refractivity contribution is 0.324. The highest BCUT2D eigenvalue weighted by molar-refractivity contribution is 5.82. The van der Waals surface area contributed by atoms with Crippen molar-refractivity contribution in [2.24, 2.45) is 0 Å². The highest BCUT2D eigenvalue weighted by Gasteiger charge is 2.21. The predicted molar refractivity (Wildman–Crippen MR) is 107 cm³/mol. The van der Waals surface area contributed by atoms with Gasteiger partial charge in [0.05, 0.1) is 32.6 Å². The van der Waals surface area contributed by atoms with E-state index in [1.165, 1.54) is 33.5 Å². The SMILES string of the molecule is COc1cc(-n2c(-c3ccc(O)cc3O)nc3cccnc32)cc(OC)c1OC. The Hall–Kier alpha value is -3.94. The Kier molecular flexibility index (Phi) is 4.59. The second-order valence-corrected chi connectivity index (χ2v) is 6.20. The molecule has 2 N–H and O–H groups in total. The van der Waals surface area contributed by atoms with Crippen molar-refractivity contribution in [2.45, 2.75) is 0 Å². The molecule has 0 aliphatic rings. The van der Waals surface area contributed by atoms with Gasteiger partial charge in [0.25, 0.3) is 0 Å². The molecule has 2 aromatic heterocycles. The Morgan fingerprint density at radius 3 is 2.24 bits per heavy atom. The molecule has 148 valence electrons. The summed E-state index contributed by atoms with van der Waals surface area (Å²) < 4.78 is 18.1. The third-order valence-electron chi connectivity index (χ3n) is 4.55. The van der Waals surface area contributed by atoms with Crippen LogP contribution >= 0.6 is 0 Å². The number of fused-ring (bicyclic) bond motifs is 1. The Balaban J connectivity index is 2.06. The largest absolute Gasteiger partial charge is 0.508 e. The van der Waals surface area contributed by atoms with Gasteiger partial charge < -0.3 is 24.4 Å². The molecule has 4 aromatic rings. The van der Waals surface area contributed by atoms with Gasteiger partial charge in [-0.05, 0) is 24.3 Å². The van der Waals surface area contributed by atoms with Crippen molar-refractivity contribution in [2.75, 3.05) is 21.3 Å². The van der Waals surface area contributed by atoms with E-state index in [9.17, 15) is 10.2 Å². The summed E-state index contributed by atoms with van der Waals surface area (Å²) in [7, 11) is 4.62. The normalized spacial score (nSPS) is 10.9. The monoisotopic (exact) mass is 393 g/mol. The number of benzene rings is 2. The van der Waals surface area contributed by atoms with E-state index in [1.807, 2.05) is 6.07 Å². The fourth-order valence-electron chi connectivity index (χ4n) is 3.24. The Labute approximate surface area is 166 Å². The summed E-state index contributed by atoms with van der Waals surface area (Å²) in [4.78, 5) is 9.11. The Morgan fingerprint density at radius 2 is 1.62 bits per heavy atom. The molecule has 29 heavy (non-hydrogen) atoms. The van der Waals surface area contributed by atoms with Crippen molar-refractivity contribution in [3.63, 3.8) is 0 Å². The molecule has 0 fully saturated rings. The summed E-state index contributed by atoms with van der Waals surface area (Å²) in [6, 6.07) is 11.5. The molecule has 2 heterocycles. The van der Waals surface area contributed by atoms with E-state index in [4.69, 9.17) is 14.2 Å². The highest BCUT2D eigenvalue weighted by Crippen LogP contribution is 2.42. The number of imidazole rings is 1. The topological polar surface area (TPSA) is 98.9 Å². The summed E-state index contributed by atoms with van der Waals surface area (Å²) in [5, 5.41) is 20.1. The van der Waals surface area contributed by atoms with Gasteiger partial charge in [-0.2, -0.15) is 0 Å². The zero-order valence-corrected chi connectivity index (χ0v) is 16.1. The van der Waals surface area contributed by atoms with Crippen molar-refractivity contribution in [3.8, 4) is 45.8 Å². The van der Waals surface area contributed by atoms with E-state index in [0.717, 1.165) is 0 Å². The van der Waals surface area contributed by atoms with E-state index < -0.39 is 0 Å². The molecule has 0 aliphatic heterocycles. The standard InChI is InChI=1S/C21H19N3O5/c1-27-17-9-12(10-18(28-2)19(17)29-3)24-20(14-7-6-13(25)11-16(14)26)23-15-5-4-8-22-21(15)24/h4-11,25-26H,1-3H3. The number of ether oxygens (including phenoxy) is 3. The first-order chi connectivity index (χ1) is 14.1. The summed E-state index contributed by atoms with van der Waals surface area (Å²) in [6.45, 7) is 0. The predicted octanol–water partition coefficient (Wildman–Crippen LogP) is 3.52. The smallest absolute Gasteiger partial charge is 0.203 e. The van der Waals surface area contributed by atoms with Crippen LogP contribution in [0, 0.1) is 0 Å². The highest BCUT2D eigenvalue weighted by atomic mass is 16.5. The second kappa shape index (κ2) is 7.23. The van der Waals surface area contributed by atoms with E-state index >= 15 is 0 Å². The fraction of sp³-hybridized carbons (Fsp3) is 0.143. The van der Waals surface area contributed by atoms with Gasteiger partial charge in [-0.25, -0.2) is 9.97 Å². The number of hydrogen-bond acceptors (Lipinski definition) is 7. The first-order valence-electron chi connectivity index (χ1n) is 8.73. The first kappa shape index (κ1) is 18.4. The van der Waals surface area contributed by atoms with E-state index in [2.05, 4.69) is 9.97 Å². The number of phenols is 2. The maximum atomic E-state index is 10.4. The molecule has 0 saturated heterocycles. The minimum absolute atomic E-state index is 0.0418. The minimum Gasteiger partial charge on any atom is -0.508 e. The molecule has 4 rings (SSSR count). The van der Waals surface area contributed by atoms with Crippen LogP contribution < -0.4 is 14.2 Å². The van der Waals surface area contributed by atoms with Crippen LogP contribution in [0.2, 0.25) is 0 Å². The van der Waals surface area contributed by atoms with Crippen LogP contribution in [0.5, 0.6) is 28.7 Å². The zero-order chi connectivity index (χ0) is 20.5. The van der Waals surface area contributed by atoms with Crippen LogP contribution in [-0.2, 0) is 0 Å². The van der Waals surface area contributed by atoms with Gasteiger partial charge in [0.2, 0.25) is 5.75 Å². The van der Waals surface area contributed by atoms with Crippen molar-refractivity contribution in [1.82, 2.24) is 14.5 Å². The van der Waals surface area contributed by atoms with E-state index in [-0.39, 0.29) is 11.5 Å². The lowest BCUT2D eigenvalue weighted by Crippen LogP contribution is -2.02. The molecule has 0 radical (unpaired) electrons. The molecule has 0 amide bonds.